The second kappa shape index (κ2) is 4.62. The highest BCUT2D eigenvalue weighted by molar-refractivity contribution is 6.01. The molecule has 1 aromatic carbocycles. The molecule has 0 fully saturated rings. The van der Waals surface area contributed by atoms with Crippen LogP contribution in [0.4, 0.5) is 0 Å². The fraction of sp³-hybridized carbons (Fsp3) is 0.357. The average molecular weight is 230 g/mol. The molecule has 0 aliphatic carbocycles. The van der Waals surface area contributed by atoms with Crippen LogP contribution in [0.5, 0.6) is 0 Å². The van der Waals surface area contributed by atoms with Gasteiger partial charge in [-0.15, -0.1) is 0 Å². The van der Waals surface area contributed by atoms with Gasteiger partial charge in [-0.05, 0) is 32.4 Å². The monoisotopic (exact) mass is 230 g/mol. The average Bonchev–Trinajstić information content (AvgIpc) is 2.63. The van der Waals surface area contributed by atoms with Gasteiger partial charge in [-0.1, -0.05) is 18.2 Å². The van der Waals surface area contributed by atoms with Crippen molar-refractivity contribution in [2.75, 3.05) is 6.54 Å². The smallest absolute Gasteiger partial charge is 0.268 e. The second-order valence-electron chi connectivity index (χ2n) is 4.09. The zero-order valence-electron chi connectivity index (χ0n) is 10.6. The van der Waals surface area contributed by atoms with Crippen molar-refractivity contribution < 1.29 is 4.79 Å². The highest BCUT2D eigenvalue weighted by Crippen LogP contribution is 2.25. The first-order chi connectivity index (χ1) is 8.20. The second-order valence-corrected chi connectivity index (χ2v) is 4.09. The molecule has 0 radical (unpaired) electrons. The third-order valence-electron chi connectivity index (χ3n) is 3.09. The van der Waals surface area contributed by atoms with Crippen molar-refractivity contribution in [1.29, 1.82) is 0 Å². The Morgan fingerprint density at radius 1 is 1.29 bits per heavy atom. The molecule has 0 unspecified atom stereocenters. The molecule has 1 aromatic heterocycles. The Balaban J connectivity index is 2.69. The predicted octanol–water partition coefficient (Wildman–Crippen LogP) is 2.72. The molecular formula is C14H18N2O. The summed E-state index contributed by atoms with van der Waals surface area (Å²) in [7, 11) is 0. The zero-order chi connectivity index (χ0) is 12.4. The highest BCUT2D eigenvalue weighted by Gasteiger charge is 2.18. The van der Waals surface area contributed by atoms with Gasteiger partial charge < -0.3 is 9.88 Å². The van der Waals surface area contributed by atoms with Gasteiger partial charge in [0.25, 0.3) is 5.91 Å². The highest BCUT2D eigenvalue weighted by atomic mass is 16.1. The number of amides is 1. The first-order valence-electron chi connectivity index (χ1n) is 6.06. The van der Waals surface area contributed by atoms with E-state index >= 15 is 0 Å². The third-order valence-corrected chi connectivity index (χ3v) is 3.09. The van der Waals surface area contributed by atoms with Crippen molar-refractivity contribution in [3.05, 3.63) is 35.5 Å². The van der Waals surface area contributed by atoms with Crippen molar-refractivity contribution in [3.63, 3.8) is 0 Å². The molecule has 3 nitrogen and oxygen atoms in total. The lowest BCUT2D eigenvalue weighted by Crippen LogP contribution is -2.26. The summed E-state index contributed by atoms with van der Waals surface area (Å²) in [6, 6.07) is 8.15. The van der Waals surface area contributed by atoms with Gasteiger partial charge in [-0.3, -0.25) is 4.79 Å². The van der Waals surface area contributed by atoms with Crippen LogP contribution in [0.25, 0.3) is 10.9 Å². The number of carbonyl (C=O) groups excluding carboxylic acids is 1. The summed E-state index contributed by atoms with van der Waals surface area (Å²) < 4.78 is 2.08. The fourth-order valence-electron chi connectivity index (χ4n) is 2.34. The first kappa shape index (κ1) is 11.7. The molecule has 0 atom stereocenters. The Morgan fingerprint density at radius 2 is 2.00 bits per heavy atom. The number of rotatable bonds is 3. The Morgan fingerprint density at radius 3 is 2.65 bits per heavy atom. The molecular weight excluding hydrogens is 212 g/mol. The maximum Gasteiger partial charge on any atom is 0.268 e. The number of aryl methyl sites for hydroxylation is 2. The van der Waals surface area contributed by atoms with Gasteiger partial charge in [0.05, 0.1) is 0 Å². The van der Waals surface area contributed by atoms with Crippen LogP contribution in [-0.2, 0) is 6.54 Å². The number of hydrogen-bond acceptors (Lipinski definition) is 1. The molecule has 2 rings (SSSR count). The number of hydrogen-bond donors (Lipinski definition) is 1. The molecule has 0 aliphatic heterocycles. The molecule has 1 heterocycles. The van der Waals surface area contributed by atoms with Crippen LogP contribution < -0.4 is 5.32 Å². The molecule has 1 amide bonds. The van der Waals surface area contributed by atoms with Crippen LogP contribution in [0, 0.1) is 6.92 Å². The van der Waals surface area contributed by atoms with Crippen molar-refractivity contribution in [2.24, 2.45) is 0 Å². The molecule has 0 saturated heterocycles. The maximum absolute atomic E-state index is 12.1. The van der Waals surface area contributed by atoms with Crippen molar-refractivity contribution in [1.82, 2.24) is 9.88 Å². The SMILES string of the molecule is CCNC(=O)c1c(C)c2ccccc2n1CC. The summed E-state index contributed by atoms with van der Waals surface area (Å²) in [4.78, 5) is 12.1. The fourth-order valence-corrected chi connectivity index (χ4v) is 2.34. The van der Waals surface area contributed by atoms with E-state index in [2.05, 4.69) is 28.9 Å². The van der Waals surface area contributed by atoms with E-state index < -0.39 is 0 Å². The van der Waals surface area contributed by atoms with E-state index in [1.807, 2.05) is 26.0 Å². The van der Waals surface area contributed by atoms with E-state index in [1.54, 1.807) is 0 Å². The van der Waals surface area contributed by atoms with Gasteiger partial charge in [-0.25, -0.2) is 0 Å². The van der Waals surface area contributed by atoms with E-state index in [0.29, 0.717) is 6.54 Å². The van der Waals surface area contributed by atoms with Crippen molar-refractivity contribution >= 4 is 16.8 Å². The van der Waals surface area contributed by atoms with Crippen LogP contribution in [0.3, 0.4) is 0 Å². The molecule has 1 N–H and O–H groups in total. The summed E-state index contributed by atoms with van der Waals surface area (Å²) in [5, 5.41) is 4.04. The minimum absolute atomic E-state index is 0.0167. The Hall–Kier alpha value is -1.77. The number of aromatic nitrogens is 1. The Kier molecular flexibility index (Phi) is 3.18. The van der Waals surface area contributed by atoms with E-state index in [9.17, 15) is 4.79 Å². The van der Waals surface area contributed by atoms with E-state index in [0.717, 1.165) is 28.7 Å². The van der Waals surface area contributed by atoms with Crippen LogP contribution in [0.15, 0.2) is 24.3 Å². The Bertz CT molecular complexity index is 555. The lowest BCUT2D eigenvalue weighted by Gasteiger charge is -2.08. The van der Waals surface area contributed by atoms with Crippen LogP contribution in [0.1, 0.15) is 29.9 Å². The first-order valence-corrected chi connectivity index (χ1v) is 6.06. The number of para-hydroxylation sites is 1. The van der Waals surface area contributed by atoms with Gasteiger partial charge in [-0.2, -0.15) is 0 Å². The number of fused-ring (bicyclic) bond motifs is 1. The normalized spacial score (nSPS) is 10.8. The topological polar surface area (TPSA) is 34.0 Å². The van der Waals surface area contributed by atoms with Crippen molar-refractivity contribution in [2.45, 2.75) is 27.3 Å². The minimum Gasteiger partial charge on any atom is -0.351 e. The van der Waals surface area contributed by atoms with Gasteiger partial charge in [0, 0.05) is 24.0 Å². The molecule has 0 bridgehead atoms. The maximum atomic E-state index is 12.1. The quantitative estimate of drug-likeness (QED) is 0.864. The molecule has 0 aliphatic rings. The van der Waals surface area contributed by atoms with E-state index in [1.165, 1.54) is 0 Å². The van der Waals surface area contributed by atoms with Crippen LogP contribution in [-0.4, -0.2) is 17.0 Å². The predicted molar refractivity (Wildman–Crippen MR) is 70.4 cm³/mol. The van der Waals surface area contributed by atoms with E-state index in [-0.39, 0.29) is 5.91 Å². The summed E-state index contributed by atoms with van der Waals surface area (Å²) in [5.41, 5.74) is 2.98. The zero-order valence-corrected chi connectivity index (χ0v) is 10.6. The third kappa shape index (κ3) is 1.82. The van der Waals surface area contributed by atoms with Gasteiger partial charge in [0.1, 0.15) is 5.69 Å². The lowest BCUT2D eigenvalue weighted by atomic mass is 10.1. The van der Waals surface area contributed by atoms with Crippen molar-refractivity contribution in [3.8, 4) is 0 Å². The summed E-state index contributed by atoms with van der Waals surface area (Å²) in [6.07, 6.45) is 0. The minimum atomic E-state index is 0.0167. The van der Waals surface area contributed by atoms with Gasteiger partial charge in [0.2, 0.25) is 0 Å². The van der Waals surface area contributed by atoms with Gasteiger partial charge >= 0.3 is 0 Å². The number of nitrogens with zero attached hydrogens (tertiary/aromatic N) is 1. The standard InChI is InChI=1S/C14H18N2O/c1-4-15-14(17)13-10(3)11-8-6-7-9-12(11)16(13)5-2/h6-9H,4-5H2,1-3H3,(H,15,17). The lowest BCUT2D eigenvalue weighted by molar-refractivity contribution is 0.0946. The molecule has 90 valence electrons. The van der Waals surface area contributed by atoms with Gasteiger partial charge in [0.15, 0.2) is 0 Å². The van der Waals surface area contributed by atoms with Crippen LogP contribution >= 0.6 is 0 Å². The number of benzene rings is 1. The molecule has 17 heavy (non-hydrogen) atoms. The molecule has 2 aromatic rings. The molecule has 3 heteroatoms. The number of carbonyl (C=O) groups is 1. The molecule has 0 spiro atoms. The van der Waals surface area contributed by atoms with E-state index in [4.69, 9.17) is 0 Å². The summed E-state index contributed by atoms with van der Waals surface area (Å²) in [5.74, 6) is 0.0167. The summed E-state index contributed by atoms with van der Waals surface area (Å²) >= 11 is 0. The molecule has 0 saturated carbocycles. The number of nitrogens with one attached hydrogen (secondary N) is 1. The largest absolute Gasteiger partial charge is 0.351 e. The Labute approximate surface area is 101 Å². The summed E-state index contributed by atoms with van der Waals surface area (Å²) in [6.45, 7) is 7.48. The van der Waals surface area contributed by atoms with Crippen LogP contribution in [0.2, 0.25) is 0 Å².